The average molecular weight is 258 g/mol. The summed E-state index contributed by atoms with van der Waals surface area (Å²) in [5.41, 5.74) is 0. The van der Waals surface area contributed by atoms with Crippen LogP contribution in [0.25, 0.3) is 0 Å². The summed E-state index contributed by atoms with van der Waals surface area (Å²) < 4.78 is 0. The zero-order valence-electron chi connectivity index (χ0n) is 10.2. The molecule has 1 amide bonds. The van der Waals surface area contributed by atoms with E-state index in [1.807, 2.05) is 6.92 Å². The fourth-order valence-electron chi connectivity index (χ4n) is 2.02. The molecule has 7 heteroatoms. The van der Waals surface area contributed by atoms with Crippen molar-refractivity contribution in [2.75, 3.05) is 6.54 Å². The van der Waals surface area contributed by atoms with Gasteiger partial charge in [0.1, 0.15) is 6.04 Å². The van der Waals surface area contributed by atoms with Gasteiger partial charge in [0, 0.05) is 12.5 Å². The van der Waals surface area contributed by atoms with Crippen molar-refractivity contribution in [3.8, 4) is 0 Å². The van der Waals surface area contributed by atoms with Crippen LogP contribution in [0.1, 0.15) is 26.2 Å². The van der Waals surface area contributed by atoms with Gasteiger partial charge in [-0.2, -0.15) is 0 Å². The Morgan fingerprint density at radius 1 is 1.39 bits per heavy atom. The summed E-state index contributed by atoms with van der Waals surface area (Å²) >= 11 is 0. The van der Waals surface area contributed by atoms with Gasteiger partial charge in [-0.05, 0) is 26.3 Å². The standard InChI is InChI=1S/C11H18N2O5/c1-6-7(4-5-12-6)10(16)13-8(11(17)18)2-3-9(14)15/h6-8,12H,2-5H2,1H3,(H,13,16)(H,14,15)(H,17,18). The molecular formula is C11H18N2O5. The van der Waals surface area contributed by atoms with E-state index in [2.05, 4.69) is 10.6 Å². The van der Waals surface area contributed by atoms with Crippen LogP contribution in [0.3, 0.4) is 0 Å². The number of rotatable bonds is 6. The Hall–Kier alpha value is -1.63. The third-order valence-corrected chi connectivity index (χ3v) is 3.12. The maximum atomic E-state index is 11.9. The highest BCUT2D eigenvalue weighted by Crippen LogP contribution is 2.15. The average Bonchev–Trinajstić information content (AvgIpc) is 2.69. The zero-order valence-corrected chi connectivity index (χ0v) is 10.2. The summed E-state index contributed by atoms with van der Waals surface area (Å²) in [7, 11) is 0. The number of nitrogens with one attached hydrogen (secondary N) is 2. The highest BCUT2D eigenvalue weighted by atomic mass is 16.4. The molecule has 0 aromatic rings. The van der Waals surface area contributed by atoms with Crippen molar-refractivity contribution >= 4 is 17.8 Å². The van der Waals surface area contributed by atoms with Gasteiger partial charge in [0.15, 0.2) is 0 Å². The fourth-order valence-corrected chi connectivity index (χ4v) is 2.02. The fraction of sp³-hybridized carbons (Fsp3) is 0.727. The van der Waals surface area contributed by atoms with E-state index in [1.165, 1.54) is 0 Å². The molecule has 1 heterocycles. The Kier molecular flexibility index (Phi) is 5.08. The number of aliphatic carboxylic acids is 2. The SMILES string of the molecule is CC1NCCC1C(=O)NC(CCC(=O)O)C(=O)O. The second-order valence-corrected chi connectivity index (χ2v) is 4.47. The third kappa shape index (κ3) is 3.99. The molecule has 0 spiro atoms. The normalized spacial score (nSPS) is 24.5. The quantitative estimate of drug-likeness (QED) is 0.506. The van der Waals surface area contributed by atoms with Crippen LogP contribution in [0.15, 0.2) is 0 Å². The van der Waals surface area contributed by atoms with Crippen molar-refractivity contribution in [2.45, 2.75) is 38.3 Å². The van der Waals surface area contributed by atoms with E-state index in [1.54, 1.807) is 0 Å². The van der Waals surface area contributed by atoms with Crippen LogP contribution in [0.4, 0.5) is 0 Å². The minimum absolute atomic E-state index is 0.0129. The molecule has 0 radical (unpaired) electrons. The van der Waals surface area contributed by atoms with Crippen LogP contribution in [0.5, 0.6) is 0 Å². The predicted molar refractivity (Wildman–Crippen MR) is 62.0 cm³/mol. The Morgan fingerprint density at radius 3 is 2.50 bits per heavy atom. The molecule has 3 atom stereocenters. The van der Waals surface area contributed by atoms with Gasteiger partial charge in [-0.1, -0.05) is 0 Å². The molecule has 0 aromatic heterocycles. The van der Waals surface area contributed by atoms with Gasteiger partial charge in [-0.3, -0.25) is 9.59 Å². The van der Waals surface area contributed by atoms with E-state index in [-0.39, 0.29) is 30.7 Å². The minimum atomic E-state index is -1.21. The highest BCUT2D eigenvalue weighted by molar-refractivity contribution is 5.85. The van der Waals surface area contributed by atoms with Gasteiger partial charge in [-0.25, -0.2) is 4.79 Å². The van der Waals surface area contributed by atoms with E-state index in [4.69, 9.17) is 10.2 Å². The number of carboxylic acids is 2. The Balaban J connectivity index is 2.52. The molecule has 4 N–H and O–H groups in total. The third-order valence-electron chi connectivity index (χ3n) is 3.12. The molecule has 0 bridgehead atoms. The van der Waals surface area contributed by atoms with Crippen LogP contribution in [-0.2, 0) is 14.4 Å². The second-order valence-electron chi connectivity index (χ2n) is 4.47. The van der Waals surface area contributed by atoms with Gasteiger partial charge in [0.25, 0.3) is 0 Å². The van der Waals surface area contributed by atoms with Gasteiger partial charge in [0.2, 0.25) is 5.91 Å². The van der Waals surface area contributed by atoms with Crippen LogP contribution in [0, 0.1) is 5.92 Å². The smallest absolute Gasteiger partial charge is 0.326 e. The van der Waals surface area contributed by atoms with E-state index in [0.717, 1.165) is 6.54 Å². The van der Waals surface area contributed by atoms with Gasteiger partial charge in [0.05, 0.1) is 5.92 Å². The number of carboxylic acid groups (broad SMARTS) is 2. The Bertz CT molecular complexity index is 344. The van der Waals surface area contributed by atoms with E-state index < -0.39 is 18.0 Å². The molecule has 0 aliphatic carbocycles. The zero-order chi connectivity index (χ0) is 13.7. The number of carbonyl (C=O) groups excluding carboxylic acids is 1. The summed E-state index contributed by atoms with van der Waals surface area (Å²) in [6.45, 7) is 2.59. The van der Waals surface area contributed by atoms with Crippen LogP contribution < -0.4 is 10.6 Å². The van der Waals surface area contributed by atoms with Crippen molar-refractivity contribution in [1.29, 1.82) is 0 Å². The minimum Gasteiger partial charge on any atom is -0.481 e. The summed E-state index contributed by atoms with van der Waals surface area (Å²) in [5, 5.41) is 22.9. The lowest BCUT2D eigenvalue weighted by molar-refractivity contribution is -0.143. The summed E-state index contributed by atoms with van der Waals surface area (Å²) in [5.74, 6) is -2.86. The maximum absolute atomic E-state index is 11.9. The van der Waals surface area contributed by atoms with Crippen LogP contribution >= 0.6 is 0 Å². The topological polar surface area (TPSA) is 116 Å². The molecule has 0 aromatic carbocycles. The molecule has 3 unspecified atom stereocenters. The first-order valence-corrected chi connectivity index (χ1v) is 5.90. The molecular weight excluding hydrogens is 240 g/mol. The predicted octanol–water partition coefficient (Wildman–Crippen LogP) is -0.581. The lowest BCUT2D eigenvalue weighted by atomic mass is 10.0. The monoisotopic (exact) mass is 258 g/mol. The Labute approximate surface area is 105 Å². The number of hydrogen-bond donors (Lipinski definition) is 4. The van der Waals surface area contributed by atoms with E-state index in [0.29, 0.717) is 6.42 Å². The van der Waals surface area contributed by atoms with Gasteiger partial charge < -0.3 is 20.8 Å². The molecule has 0 saturated carbocycles. The van der Waals surface area contributed by atoms with Crippen molar-refractivity contribution in [1.82, 2.24) is 10.6 Å². The Morgan fingerprint density at radius 2 is 2.06 bits per heavy atom. The molecule has 1 fully saturated rings. The number of amides is 1. The number of hydrogen-bond acceptors (Lipinski definition) is 4. The second kappa shape index (κ2) is 6.34. The maximum Gasteiger partial charge on any atom is 0.326 e. The lowest BCUT2D eigenvalue weighted by Gasteiger charge is -2.19. The van der Waals surface area contributed by atoms with Crippen molar-refractivity contribution in [3.63, 3.8) is 0 Å². The first kappa shape index (κ1) is 14.4. The molecule has 1 aliphatic rings. The summed E-state index contributed by atoms with van der Waals surface area (Å²) in [4.78, 5) is 33.2. The number of carbonyl (C=O) groups is 3. The molecule has 1 saturated heterocycles. The van der Waals surface area contributed by atoms with Gasteiger partial charge in [-0.15, -0.1) is 0 Å². The largest absolute Gasteiger partial charge is 0.481 e. The van der Waals surface area contributed by atoms with Crippen molar-refractivity contribution in [3.05, 3.63) is 0 Å². The van der Waals surface area contributed by atoms with E-state index >= 15 is 0 Å². The lowest BCUT2D eigenvalue weighted by Crippen LogP contribution is -2.46. The molecule has 102 valence electrons. The van der Waals surface area contributed by atoms with Crippen molar-refractivity contribution in [2.24, 2.45) is 5.92 Å². The van der Waals surface area contributed by atoms with Crippen molar-refractivity contribution < 1.29 is 24.6 Å². The molecule has 1 rings (SSSR count). The summed E-state index contributed by atoms with van der Waals surface area (Å²) in [6.07, 6.45) is 0.277. The first-order valence-electron chi connectivity index (χ1n) is 5.90. The molecule has 18 heavy (non-hydrogen) atoms. The van der Waals surface area contributed by atoms with Crippen LogP contribution in [0.2, 0.25) is 0 Å². The first-order chi connectivity index (χ1) is 8.41. The molecule has 1 aliphatic heterocycles. The van der Waals surface area contributed by atoms with Gasteiger partial charge >= 0.3 is 11.9 Å². The summed E-state index contributed by atoms with van der Waals surface area (Å²) in [6, 6.07) is -1.12. The van der Waals surface area contributed by atoms with Crippen LogP contribution in [-0.4, -0.2) is 46.7 Å². The van der Waals surface area contributed by atoms with E-state index in [9.17, 15) is 14.4 Å². The molecule has 7 nitrogen and oxygen atoms in total. The highest BCUT2D eigenvalue weighted by Gasteiger charge is 2.32.